The van der Waals surface area contributed by atoms with Crippen molar-refractivity contribution in [3.63, 3.8) is 0 Å². The Morgan fingerprint density at radius 1 is 1.08 bits per heavy atom. The first-order valence-electron chi connectivity index (χ1n) is 8.03. The average Bonchev–Trinajstić information content (AvgIpc) is 2.62. The third-order valence-corrected chi connectivity index (χ3v) is 5.10. The van der Waals surface area contributed by atoms with Gasteiger partial charge in [-0.05, 0) is 35.4 Å². The maximum Gasteiger partial charge on any atom is 0.335 e. The SMILES string of the molecule is COCCNS(=O)(=O)c1cccc(CNCc2cccc(C(=O)O)c2)c1. The van der Waals surface area contributed by atoms with Gasteiger partial charge >= 0.3 is 5.97 Å². The minimum absolute atomic E-state index is 0.195. The standard InChI is InChI=1S/C18H22N2O5S/c1-25-9-8-20-26(23,24)17-7-3-5-15(11-17)13-19-12-14-4-2-6-16(10-14)18(21)22/h2-7,10-11,19-20H,8-9,12-13H2,1H3,(H,21,22). The summed E-state index contributed by atoms with van der Waals surface area (Å²) < 4.78 is 31.7. The molecule has 0 aliphatic heterocycles. The van der Waals surface area contributed by atoms with Crippen molar-refractivity contribution in [2.24, 2.45) is 0 Å². The van der Waals surface area contributed by atoms with Crippen molar-refractivity contribution in [2.75, 3.05) is 20.3 Å². The van der Waals surface area contributed by atoms with E-state index >= 15 is 0 Å². The van der Waals surface area contributed by atoms with E-state index in [-0.39, 0.29) is 17.0 Å². The van der Waals surface area contributed by atoms with Gasteiger partial charge in [-0.15, -0.1) is 0 Å². The van der Waals surface area contributed by atoms with Crippen LogP contribution in [0.2, 0.25) is 0 Å². The monoisotopic (exact) mass is 378 g/mol. The van der Waals surface area contributed by atoms with Gasteiger partial charge in [-0.2, -0.15) is 0 Å². The minimum Gasteiger partial charge on any atom is -0.478 e. The number of aromatic carboxylic acids is 1. The van der Waals surface area contributed by atoms with Crippen LogP contribution in [0.15, 0.2) is 53.4 Å². The summed E-state index contributed by atoms with van der Waals surface area (Å²) in [6.07, 6.45) is 0. The van der Waals surface area contributed by atoms with Crippen LogP contribution >= 0.6 is 0 Å². The van der Waals surface area contributed by atoms with Crippen LogP contribution in [0.1, 0.15) is 21.5 Å². The van der Waals surface area contributed by atoms with Crippen LogP contribution in [0.5, 0.6) is 0 Å². The lowest BCUT2D eigenvalue weighted by Crippen LogP contribution is -2.27. The molecule has 7 nitrogen and oxygen atoms in total. The summed E-state index contributed by atoms with van der Waals surface area (Å²) in [6, 6.07) is 13.3. The Morgan fingerprint density at radius 2 is 1.73 bits per heavy atom. The van der Waals surface area contributed by atoms with Gasteiger partial charge in [0.15, 0.2) is 0 Å². The molecule has 0 heterocycles. The molecule has 2 rings (SSSR count). The van der Waals surface area contributed by atoms with E-state index in [1.165, 1.54) is 19.2 Å². The maximum absolute atomic E-state index is 12.2. The number of sulfonamides is 1. The van der Waals surface area contributed by atoms with Crippen molar-refractivity contribution in [3.05, 3.63) is 65.2 Å². The average molecular weight is 378 g/mol. The molecule has 0 spiro atoms. The number of carboxylic acids is 1. The van der Waals surface area contributed by atoms with Crippen LogP contribution in [0.25, 0.3) is 0 Å². The van der Waals surface area contributed by atoms with Gasteiger partial charge in [0.25, 0.3) is 0 Å². The first-order chi connectivity index (χ1) is 12.4. The first kappa shape index (κ1) is 20.1. The molecule has 0 unspecified atom stereocenters. The Morgan fingerprint density at radius 3 is 2.38 bits per heavy atom. The molecule has 0 bridgehead atoms. The highest BCUT2D eigenvalue weighted by molar-refractivity contribution is 7.89. The van der Waals surface area contributed by atoms with E-state index in [9.17, 15) is 13.2 Å². The van der Waals surface area contributed by atoms with E-state index < -0.39 is 16.0 Å². The number of nitrogens with one attached hydrogen (secondary N) is 2. The fraction of sp³-hybridized carbons (Fsp3) is 0.278. The Hall–Kier alpha value is -2.26. The van der Waals surface area contributed by atoms with Gasteiger partial charge in [0.1, 0.15) is 0 Å². The number of carboxylic acid groups (broad SMARTS) is 1. The molecule has 0 atom stereocenters. The number of hydrogen-bond donors (Lipinski definition) is 3. The summed E-state index contributed by atoms with van der Waals surface area (Å²) in [6.45, 7) is 1.44. The molecule has 3 N–H and O–H groups in total. The molecule has 2 aromatic carbocycles. The molecule has 0 aliphatic rings. The second kappa shape index (κ2) is 9.44. The third kappa shape index (κ3) is 5.92. The van der Waals surface area contributed by atoms with Crippen LogP contribution < -0.4 is 10.0 Å². The molecule has 0 saturated heterocycles. The number of benzene rings is 2. The van der Waals surface area contributed by atoms with Gasteiger partial charge in [0.05, 0.1) is 17.1 Å². The molecule has 0 aromatic heterocycles. The van der Waals surface area contributed by atoms with Gasteiger partial charge < -0.3 is 15.2 Å². The summed E-state index contributed by atoms with van der Waals surface area (Å²) in [5, 5.41) is 12.2. The van der Waals surface area contributed by atoms with Crippen molar-refractivity contribution < 1.29 is 23.1 Å². The van der Waals surface area contributed by atoms with Crippen LogP contribution in [-0.4, -0.2) is 39.8 Å². The molecular weight excluding hydrogens is 356 g/mol. The number of rotatable bonds is 10. The molecule has 140 valence electrons. The number of ether oxygens (including phenoxy) is 1. The highest BCUT2D eigenvalue weighted by Crippen LogP contribution is 2.12. The van der Waals surface area contributed by atoms with Crippen molar-refractivity contribution in [3.8, 4) is 0 Å². The topological polar surface area (TPSA) is 105 Å². The second-order valence-electron chi connectivity index (χ2n) is 5.65. The third-order valence-electron chi connectivity index (χ3n) is 3.64. The quantitative estimate of drug-likeness (QED) is 0.543. The smallest absolute Gasteiger partial charge is 0.335 e. The van der Waals surface area contributed by atoms with Crippen LogP contribution in [0, 0.1) is 0 Å². The zero-order valence-corrected chi connectivity index (χ0v) is 15.3. The maximum atomic E-state index is 12.2. The van der Waals surface area contributed by atoms with Gasteiger partial charge in [0, 0.05) is 26.7 Å². The zero-order chi connectivity index (χ0) is 19.0. The first-order valence-corrected chi connectivity index (χ1v) is 9.51. The molecule has 8 heteroatoms. The summed E-state index contributed by atoms with van der Waals surface area (Å²) in [4.78, 5) is 11.2. The van der Waals surface area contributed by atoms with E-state index in [1.807, 2.05) is 12.1 Å². The van der Waals surface area contributed by atoms with Crippen molar-refractivity contribution in [1.82, 2.24) is 10.0 Å². The predicted octanol–water partition coefficient (Wildman–Crippen LogP) is 1.60. The number of carbonyl (C=O) groups is 1. The molecule has 0 radical (unpaired) electrons. The van der Waals surface area contributed by atoms with E-state index in [4.69, 9.17) is 9.84 Å². The molecular formula is C18H22N2O5S. The van der Waals surface area contributed by atoms with Crippen molar-refractivity contribution in [1.29, 1.82) is 0 Å². The lowest BCUT2D eigenvalue weighted by molar-refractivity contribution is 0.0696. The highest BCUT2D eigenvalue weighted by atomic mass is 32.2. The van der Waals surface area contributed by atoms with E-state index in [0.29, 0.717) is 19.7 Å². The van der Waals surface area contributed by atoms with Crippen LogP contribution in [-0.2, 0) is 27.8 Å². The van der Waals surface area contributed by atoms with E-state index in [0.717, 1.165) is 11.1 Å². The summed E-state index contributed by atoms with van der Waals surface area (Å²) in [7, 11) is -2.06. The second-order valence-corrected chi connectivity index (χ2v) is 7.41. The Bertz CT molecular complexity index is 852. The lowest BCUT2D eigenvalue weighted by atomic mass is 10.1. The number of hydrogen-bond acceptors (Lipinski definition) is 5. The summed E-state index contributed by atoms with van der Waals surface area (Å²) >= 11 is 0. The normalized spacial score (nSPS) is 11.4. The van der Waals surface area contributed by atoms with E-state index in [1.54, 1.807) is 24.3 Å². The fourth-order valence-corrected chi connectivity index (χ4v) is 3.43. The lowest BCUT2D eigenvalue weighted by Gasteiger charge is -2.09. The van der Waals surface area contributed by atoms with Gasteiger partial charge in [-0.25, -0.2) is 17.9 Å². The van der Waals surface area contributed by atoms with Gasteiger partial charge in [-0.3, -0.25) is 0 Å². The Labute approximate surface area is 153 Å². The minimum atomic E-state index is -3.57. The largest absolute Gasteiger partial charge is 0.478 e. The summed E-state index contributed by atoms with van der Waals surface area (Å²) in [5.74, 6) is -0.967. The van der Waals surface area contributed by atoms with Crippen LogP contribution in [0.3, 0.4) is 0 Å². The molecule has 0 amide bonds. The molecule has 0 aliphatic carbocycles. The summed E-state index contributed by atoms with van der Waals surface area (Å²) in [5.41, 5.74) is 1.89. The van der Waals surface area contributed by atoms with Gasteiger partial charge in [-0.1, -0.05) is 24.3 Å². The van der Waals surface area contributed by atoms with Crippen molar-refractivity contribution >= 4 is 16.0 Å². The molecule has 0 saturated carbocycles. The predicted molar refractivity (Wildman–Crippen MR) is 97.5 cm³/mol. The fourth-order valence-electron chi connectivity index (χ4n) is 2.35. The highest BCUT2D eigenvalue weighted by Gasteiger charge is 2.13. The van der Waals surface area contributed by atoms with Gasteiger partial charge in [0.2, 0.25) is 10.0 Å². The molecule has 26 heavy (non-hydrogen) atoms. The van der Waals surface area contributed by atoms with E-state index in [2.05, 4.69) is 10.0 Å². The zero-order valence-electron chi connectivity index (χ0n) is 14.4. The number of methoxy groups -OCH3 is 1. The van der Waals surface area contributed by atoms with Crippen LogP contribution in [0.4, 0.5) is 0 Å². The Balaban J connectivity index is 1.96. The Kier molecular flexibility index (Phi) is 7.28. The van der Waals surface area contributed by atoms with Crippen molar-refractivity contribution in [2.45, 2.75) is 18.0 Å². The molecule has 0 fully saturated rings. The molecule has 2 aromatic rings.